The maximum atomic E-state index is 13.3. The van der Waals surface area contributed by atoms with E-state index in [4.69, 9.17) is 23.2 Å². The van der Waals surface area contributed by atoms with Crippen molar-refractivity contribution >= 4 is 46.7 Å². The van der Waals surface area contributed by atoms with Crippen molar-refractivity contribution in [3.8, 4) is 0 Å². The molecular formula is C25H19Cl2NO3. The maximum Gasteiger partial charge on any atom is 0.264 e. The molecule has 0 aromatic heterocycles. The molecule has 0 saturated heterocycles. The Bertz CT molecular complexity index is 1160. The van der Waals surface area contributed by atoms with Gasteiger partial charge in [-0.05, 0) is 47.5 Å². The molecule has 0 spiro atoms. The number of aliphatic hydroxyl groups is 1. The van der Waals surface area contributed by atoms with Gasteiger partial charge in [-0.25, -0.2) is 0 Å². The quantitative estimate of drug-likeness (QED) is 0.510. The first-order valence-corrected chi connectivity index (χ1v) is 10.5. The molecule has 6 heteroatoms. The summed E-state index contributed by atoms with van der Waals surface area (Å²) in [5.41, 5.74) is 0.587. The molecule has 3 aromatic rings. The van der Waals surface area contributed by atoms with Crippen LogP contribution in [0.5, 0.6) is 0 Å². The van der Waals surface area contributed by atoms with E-state index in [2.05, 4.69) is 0 Å². The first-order valence-electron chi connectivity index (χ1n) is 9.71. The molecule has 1 aliphatic heterocycles. The number of halogens is 2. The summed E-state index contributed by atoms with van der Waals surface area (Å²) >= 11 is 12.1. The standard InChI is InChI=1S/C25H19Cl2NO3/c26-19-9-6-18(7-10-19)16-28-23-13-11-20(27)14-22(23)25(31,24(28)30)15-21(29)12-8-17-4-2-1-3-5-17/h1-14,31H,15-16H2/b12-8+/t25-/m1/s1. The largest absolute Gasteiger partial charge is 0.375 e. The molecule has 31 heavy (non-hydrogen) atoms. The van der Waals surface area contributed by atoms with Crippen molar-refractivity contribution in [3.63, 3.8) is 0 Å². The molecule has 3 aromatic carbocycles. The summed E-state index contributed by atoms with van der Waals surface area (Å²) < 4.78 is 0. The summed E-state index contributed by atoms with van der Waals surface area (Å²) in [4.78, 5) is 27.4. The number of fused-ring (bicyclic) bond motifs is 1. The lowest BCUT2D eigenvalue weighted by molar-refractivity contribution is -0.140. The molecule has 0 aliphatic carbocycles. The minimum Gasteiger partial charge on any atom is -0.375 e. The second-order valence-electron chi connectivity index (χ2n) is 7.43. The molecule has 156 valence electrons. The van der Waals surface area contributed by atoms with Gasteiger partial charge in [-0.1, -0.05) is 71.7 Å². The number of hydrogen-bond donors (Lipinski definition) is 1. The first-order chi connectivity index (χ1) is 14.9. The van der Waals surface area contributed by atoms with Gasteiger partial charge in [0.25, 0.3) is 5.91 Å². The average Bonchev–Trinajstić information content (AvgIpc) is 2.96. The summed E-state index contributed by atoms with van der Waals surface area (Å²) in [5.74, 6) is -0.917. The number of nitrogens with zero attached hydrogens (tertiary/aromatic N) is 1. The zero-order valence-corrected chi connectivity index (χ0v) is 18.0. The molecule has 0 unspecified atom stereocenters. The van der Waals surface area contributed by atoms with E-state index in [-0.39, 0.29) is 18.7 Å². The number of benzene rings is 3. The number of carbonyl (C=O) groups is 2. The molecule has 1 N–H and O–H groups in total. The monoisotopic (exact) mass is 451 g/mol. The third kappa shape index (κ3) is 4.42. The Morgan fingerprint density at radius 2 is 1.65 bits per heavy atom. The van der Waals surface area contributed by atoms with Gasteiger partial charge in [-0.3, -0.25) is 9.59 Å². The number of rotatable bonds is 6. The highest BCUT2D eigenvalue weighted by Crippen LogP contribution is 2.44. The molecule has 0 radical (unpaired) electrons. The molecule has 4 nitrogen and oxygen atoms in total. The highest BCUT2D eigenvalue weighted by Gasteiger charge is 2.50. The van der Waals surface area contributed by atoms with E-state index in [0.29, 0.717) is 21.3 Å². The van der Waals surface area contributed by atoms with Crippen molar-refractivity contribution in [3.05, 3.63) is 106 Å². The van der Waals surface area contributed by atoms with Crippen molar-refractivity contribution < 1.29 is 14.7 Å². The number of anilines is 1. The minimum absolute atomic E-state index is 0.237. The fourth-order valence-corrected chi connectivity index (χ4v) is 3.99. The molecule has 4 rings (SSSR count). The van der Waals surface area contributed by atoms with Crippen LogP contribution in [0.3, 0.4) is 0 Å². The summed E-state index contributed by atoms with van der Waals surface area (Å²) in [6.07, 6.45) is 2.67. The van der Waals surface area contributed by atoms with Crippen LogP contribution in [0.2, 0.25) is 10.0 Å². The van der Waals surface area contributed by atoms with Crippen LogP contribution in [0.25, 0.3) is 6.08 Å². The van der Waals surface area contributed by atoms with E-state index in [0.717, 1.165) is 11.1 Å². The first kappa shape index (κ1) is 21.3. The van der Waals surface area contributed by atoms with Gasteiger partial charge in [0.05, 0.1) is 18.7 Å². The van der Waals surface area contributed by atoms with Gasteiger partial charge in [0.1, 0.15) is 0 Å². The number of amides is 1. The number of allylic oxidation sites excluding steroid dienone is 1. The minimum atomic E-state index is -1.98. The Morgan fingerprint density at radius 3 is 2.35 bits per heavy atom. The lowest BCUT2D eigenvalue weighted by atomic mass is 9.89. The van der Waals surface area contributed by atoms with Crippen LogP contribution in [0.1, 0.15) is 23.1 Å². The van der Waals surface area contributed by atoms with Crippen molar-refractivity contribution in [2.24, 2.45) is 0 Å². The fraction of sp³-hybridized carbons (Fsp3) is 0.120. The summed E-state index contributed by atoms with van der Waals surface area (Å²) in [6, 6.07) is 21.3. The molecular weight excluding hydrogens is 433 g/mol. The van der Waals surface area contributed by atoms with E-state index in [9.17, 15) is 14.7 Å². The van der Waals surface area contributed by atoms with Crippen LogP contribution in [-0.4, -0.2) is 16.8 Å². The summed E-state index contributed by atoms with van der Waals surface area (Å²) in [5, 5.41) is 12.3. The fourth-order valence-electron chi connectivity index (χ4n) is 3.69. The molecule has 1 atom stereocenters. The molecule has 0 saturated carbocycles. The van der Waals surface area contributed by atoms with Gasteiger partial charge in [0.15, 0.2) is 11.4 Å². The molecule has 1 aliphatic rings. The normalized spacial score (nSPS) is 17.9. The number of ketones is 1. The predicted molar refractivity (Wildman–Crippen MR) is 123 cm³/mol. The van der Waals surface area contributed by atoms with Crippen molar-refractivity contribution in [2.45, 2.75) is 18.6 Å². The molecule has 0 fully saturated rings. The molecule has 0 bridgehead atoms. The van der Waals surface area contributed by atoms with E-state index in [1.165, 1.54) is 11.0 Å². The van der Waals surface area contributed by atoms with Gasteiger partial charge < -0.3 is 10.0 Å². The van der Waals surface area contributed by atoms with Crippen LogP contribution in [-0.2, 0) is 21.7 Å². The zero-order chi connectivity index (χ0) is 22.0. The van der Waals surface area contributed by atoms with Gasteiger partial charge >= 0.3 is 0 Å². The van der Waals surface area contributed by atoms with E-state index >= 15 is 0 Å². The van der Waals surface area contributed by atoms with Gasteiger partial charge in [-0.15, -0.1) is 0 Å². The third-order valence-electron chi connectivity index (χ3n) is 5.24. The highest BCUT2D eigenvalue weighted by molar-refractivity contribution is 6.31. The van der Waals surface area contributed by atoms with Crippen molar-refractivity contribution in [1.82, 2.24) is 0 Å². The van der Waals surface area contributed by atoms with E-state index in [1.807, 2.05) is 42.5 Å². The Hall–Kier alpha value is -2.92. The van der Waals surface area contributed by atoms with Gasteiger partial charge in [0, 0.05) is 15.6 Å². The topological polar surface area (TPSA) is 57.6 Å². The Kier molecular flexibility index (Phi) is 5.96. The van der Waals surface area contributed by atoms with Crippen LogP contribution < -0.4 is 4.90 Å². The highest BCUT2D eigenvalue weighted by atomic mass is 35.5. The lowest BCUT2D eigenvalue weighted by Crippen LogP contribution is -2.41. The van der Waals surface area contributed by atoms with E-state index < -0.39 is 11.5 Å². The maximum absolute atomic E-state index is 13.3. The number of carbonyl (C=O) groups excluding carboxylic acids is 2. The van der Waals surface area contributed by atoms with Crippen molar-refractivity contribution in [1.29, 1.82) is 0 Å². The Labute approximate surface area is 190 Å². The van der Waals surface area contributed by atoms with Gasteiger partial charge in [0.2, 0.25) is 0 Å². The van der Waals surface area contributed by atoms with Crippen LogP contribution in [0.4, 0.5) is 5.69 Å². The Balaban J connectivity index is 1.63. The predicted octanol–water partition coefficient (Wildman–Crippen LogP) is 5.40. The van der Waals surface area contributed by atoms with Crippen molar-refractivity contribution in [2.75, 3.05) is 4.90 Å². The summed E-state index contributed by atoms with van der Waals surface area (Å²) in [6.45, 7) is 0.237. The number of hydrogen-bond acceptors (Lipinski definition) is 3. The van der Waals surface area contributed by atoms with Crippen LogP contribution in [0.15, 0.2) is 78.9 Å². The van der Waals surface area contributed by atoms with E-state index in [1.54, 1.807) is 36.4 Å². The van der Waals surface area contributed by atoms with Crippen LogP contribution >= 0.6 is 23.2 Å². The lowest BCUT2D eigenvalue weighted by Gasteiger charge is -2.22. The third-order valence-corrected chi connectivity index (χ3v) is 5.73. The molecule has 1 amide bonds. The molecule has 1 heterocycles. The second kappa shape index (κ2) is 8.67. The smallest absolute Gasteiger partial charge is 0.264 e. The Morgan fingerprint density at radius 1 is 0.968 bits per heavy atom. The summed E-state index contributed by atoms with van der Waals surface area (Å²) in [7, 11) is 0. The van der Waals surface area contributed by atoms with Gasteiger partial charge in [-0.2, -0.15) is 0 Å². The zero-order valence-electron chi connectivity index (χ0n) is 16.5. The SMILES string of the molecule is O=C(/C=C/c1ccccc1)C[C@]1(O)C(=O)N(Cc2ccc(Cl)cc2)c2ccc(Cl)cc21. The average molecular weight is 452 g/mol. The van der Waals surface area contributed by atoms with Crippen LogP contribution in [0, 0.1) is 0 Å². The second-order valence-corrected chi connectivity index (χ2v) is 8.30.